The summed E-state index contributed by atoms with van der Waals surface area (Å²) in [5.41, 5.74) is 2.43. The molecule has 162 valence electrons. The van der Waals surface area contributed by atoms with Crippen molar-refractivity contribution >= 4 is 35.2 Å². The van der Waals surface area contributed by atoms with E-state index in [0.29, 0.717) is 33.7 Å². The van der Waals surface area contributed by atoms with Gasteiger partial charge in [-0.25, -0.2) is 0 Å². The number of hydrogen-bond acceptors (Lipinski definition) is 4. The van der Waals surface area contributed by atoms with Gasteiger partial charge in [0.25, 0.3) is 5.91 Å². The fourth-order valence-corrected chi connectivity index (χ4v) is 3.19. The summed E-state index contributed by atoms with van der Waals surface area (Å²) in [5, 5.41) is 13.1. The number of nitrogens with zero attached hydrogens (tertiary/aromatic N) is 1. The van der Waals surface area contributed by atoms with Crippen molar-refractivity contribution in [2.24, 2.45) is 0 Å². The summed E-state index contributed by atoms with van der Waals surface area (Å²) in [7, 11) is 1.52. The molecule has 0 atom stereocenters. The molecule has 3 rings (SSSR count). The van der Waals surface area contributed by atoms with E-state index in [0.717, 1.165) is 11.1 Å². The van der Waals surface area contributed by atoms with E-state index in [1.54, 1.807) is 30.3 Å². The number of carbonyl (C=O) groups is 1. The predicted octanol–water partition coefficient (Wildman–Crippen LogP) is 5.80. The molecule has 0 bridgehead atoms. The second-order valence-corrected chi connectivity index (χ2v) is 7.60. The molecule has 0 unspecified atom stereocenters. The first kappa shape index (κ1) is 23.2. The highest BCUT2D eigenvalue weighted by Crippen LogP contribution is 2.30. The molecule has 0 aliphatic heterocycles. The lowest BCUT2D eigenvalue weighted by Crippen LogP contribution is -2.23. The second-order valence-electron chi connectivity index (χ2n) is 6.79. The van der Waals surface area contributed by atoms with Crippen LogP contribution in [0.2, 0.25) is 10.0 Å². The summed E-state index contributed by atoms with van der Waals surface area (Å²) in [6.45, 7) is 0.608. The molecule has 1 amide bonds. The molecule has 0 aliphatic carbocycles. The maximum absolute atomic E-state index is 12.4. The van der Waals surface area contributed by atoms with Crippen molar-refractivity contribution in [2.45, 2.75) is 13.2 Å². The topological polar surface area (TPSA) is 71.3 Å². The number of methoxy groups -OCH3 is 1. The number of rotatable bonds is 8. The van der Waals surface area contributed by atoms with Gasteiger partial charge in [-0.2, -0.15) is 5.26 Å². The summed E-state index contributed by atoms with van der Waals surface area (Å²) in [5.74, 6) is 0.541. The van der Waals surface area contributed by atoms with Gasteiger partial charge in [0, 0.05) is 6.54 Å². The zero-order valence-corrected chi connectivity index (χ0v) is 18.8. The van der Waals surface area contributed by atoms with Gasteiger partial charge in [0.15, 0.2) is 11.5 Å². The maximum Gasteiger partial charge on any atom is 0.262 e. The van der Waals surface area contributed by atoms with Crippen molar-refractivity contribution in [2.75, 3.05) is 7.11 Å². The van der Waals surface area contributed by atoms with E-state index in [-0.39, 0.29) is 12.2 Å². The summed E-state index contributed by atoms with van der Waals surface area (Å²) in [6.07, 6.45) is 1.51. The lowest BCUT2D eigenvalue weighted by Gasteiger charge is -2.12. The zero-order chi connectivity index (χ0) is 22.9. The Morgan fingerprint density at radius 2 is 1.78 bits per heavy atom. The maximum atomic E-state index is 12.4. The third-order valence-corrected chi connectivity index (χ3v) is 5.28. The monoisotopic (exact) mass is 466 g/mol. The molecule has 0 saturated heterocycles. The van der Waals surface area contributed by atoms with Gasteiger partial charge in [-0.3, -0.25) is 4.79 Å². The average molecular weight is 467 g/mol. The molecule has 0 radical (unpaired) electrons. The minimum Gasteiger partial charge on any atom is -0.493 e. The van der Waals surface area contributed by atoms with E-state index in [1.165, 1.54) is 13.2 Å². The Hall–Kier alpha value is -3.46. The lowest BCUT2D eigenvalue weighted by molar-refractivity contribution is -0.117. The molecule has 0 aromatic heterocycles. The third-order valence-electron chi connectivity index (χ3n) is 4.54. The number of amides is 1. The van der Waals surface area contributed by atoms with Crippen LogP contribution < -0.4 is 14.8 Å². The Kier molecular flexibility index (Phi) is 8.15. The third kappa shape index (κ3) is 6.27. The Morgan fingerprint density at radius 3 is 2.47 bits per heavy atom. The minimum atomic E-state index is -0.449. The highest BCUT2D eigenvalue weighted by atomic mass is 35.5. The first-order valence-corrected chi connectivity index (χ1v) is 10.4. The number of carbonyl (C=O) groups excluding carboxylic acids is 1. The predicted molar refractivity (Wildman–Crippen MR) is 126 cm³/mol. The van der Waals surface area contributed by atoms with Gasteiger partial charge in [0.05, 0.1) is 17.2 Å². The molecule has 32 heavy (non-hydrogen) atoms. The number of nitrogens with one attached hydrogen (secondary N) is 1. The number of hydrogen-bond donors (Lipinski definition) is 1. The van der Waals surface area contributed by atoms with Crippen molar-refractivity contribution in [3.05, 3.63) is 99.0 Å². The summed E-state index contributed by atoms with van der Waals surface area (Å²) < 4.78 is 11.3. The molecule has 0 saturated carbocycles. The van der Waals surface area contributed by atoms with Crippen LogP contribution in [0.5, 0.6) is 11.5 Å². The molecule has 0 spiro atoms. The van der Waals surface area contributed by atoms with Crippen LogP contribution in [0.3, 0.4) is 0 Å². The van der Waals surface area contributed by atoms with E-state index in [1.807, 2.05) is 42.5 Å². The molecule has 1 N–H and O–H groups in total. The number of halogens is 2. The first-order chi connectivity index (χ1) is 15.5. The van der Waals surface area contributed by atoms with Crippen molar-refractivity contribution in [3.63, 3.8) is 0 Å². The van der Waals surface area contributed by atoms with Crippen LogP contribution in [-0.4, -0.2) is 13.0 Å². The first-order valence-electron chi connectivity index (χ1n) is 9.69. The molecular weight excluding hydrogens is 447 g/mol. The Morgan fingerprint density at radius 1 is 1.00 bits per heavy atom. The standard InChI is InChI=1S/C25H20Cl2N2O3/c1-31-24-13-18(8-10-23(24)32-16-19-7-9-21(26)22(27)12-19)11-20(14-28)25(30)29-15-17-5-3-2-4-6-17/h2-13H,15-16H2,1H3,(H,29,30)/b20-11-. The largest absolute Gasteiger partial charge is 0.493 e. The molecule has 3 aromatic carbocycles. The SMILES string of the molecule is COc1cc(/C=C(/C#N)C(=O)NCc2ccccc2)ccc1OCc1ccc(Cl)c(Cl)c1. The number of ether oxygens (including phenoxy) is 2. The van der Waals surface area contributed by atoms with Crippen LogP contribution >= 0.6 is 23.2 Å². The van der Waals surface area contributed by atoms with E-state index in [4.69, 9.17) is 32.7 Å². The molecule has 0 aliphatic rings. The second kappa shape index (κ2) is 11.2. The van der Waals surface area contributed by atoms with Crippen LogP contribution in [0.4, 0.5) is 0 Å². The van der Waals surface area contributed by atoms with Crippen LogP contribution in [0.1, 0.15) is 16.7 Å². The molecule has 0 fully saturated rings. The molecule has 3 aromatic rings. The average Bonchev–Trinajstić information content (AvgIpc) is 2.82. The molecule has 7 heteroatoms. The number of nitriles is 1. The van der Waals surface area contributed by atoms with Gasteiger partial charge in [-0.05, 0) is 47.0 Å². The van der Waals surface area contributed by atoms with Gasteiger partial charge in [0.1, 0.15) is 18.2 Å². The van der Waals surface area contributed by atoms with E-state index >= 15 is 0 Å². The van der Waals surface area contributed by atoms with Gasteiger partial charge >= 0.3 is 0 Å². The fourth-order valence-electron chi connectivity index (χ4n) is 2.87. The Balaban J connectivity index is 1.70. The van der Waals surface area contributed by atoms with Crippen molar-refractivity contribution in [3.8, 4) is 17.6 Å². The van der Waals surface area contributed by atoms with Gasteiger partial charge in [0.2, 0.25) is 0 Å². The van der Waals surface area contributed by atoms with Crippen LogP contribution in [0.15, 0.2) is 72.3 Å². The Bertz CT molecular complexity index is 1170. The van der Waals surface area contributed by atoms with Crippen LogP contribution in [-0.2, 0) is 17.9 Å². The highest BCUT2D eigenvalue weighted by molar-refractivity contribution is 6.42. The van der Waals surface area contributed by atoms with Crippen molar-refractivity contribution < 1.29 is 14.3 Å². The van der Waals surface area contributed by atoms with Crippen LogP contribution in [0, 0.1) is 11.3 Å². The van der Waals surface area contributed by atoms with Gasteiger partial charge in [-0.15, -0.1) is 0 Å². The highest BCUT2D eigenvalue weighted by Gasteiger charge is 2.11. The van der Waals surface area contributed by atoms with E-state index < -0.39 is 5.91 Å². The number of benzene rings is 3. The fraction of sp³-hybridized carbons (Fsp3) is 0.120. The van der Waals surface area contributed by atoms with Gasteiger partial charge in [-0.1, -0.05) is 65.7 Å². The van der Waals surface area contributed by atoms with Gasteiger partial charge < -0.3 is 14.8 Å². The van der Waals surface area contributed by atoms with E-state index in [9.17, 15) is 10.1 Å². The normalized spacial score (nSPS) is 10.9. The Labute approximate surface area is 196 Å². The van der Waals surface area contributed by atoms with Crippen molar-refractivity contribution in [1.82, 2.24) is 5.32 Å². The molecule has 5 nitrogen and oxygen atoms in total. The zero-order valence-electron chi connectivity index (χ0n) is 17.3. The smallest absolute Gasteiger partial charge is 0.262 e. The van der Waals surface area contributed by atoms with Crippen LogP contribution in [0.25, 0.3) is 6.08 Å². The summed E-state index contributed by atoms with van der Waals surface area (Å²) in [4.78, 5) is 12.4. The molecule has 0 heterocycles. The summed E-state index contributed by atoms with van der Waals surface area (Å²) >= 11 is 12.0. The quantitative estimate of drug-likeness (QED) is 0.336. The minimum absolute atomic E-state index is 0.00698. The molecular formula is C25H20Cl2N2O3. The van der Waals surface area contributed by atoms with Crippen molar-refractivity contribution in [1.29, 1.82) is 5.26 Å². The summed E-state index contributed by atoms with van der Waals surface area (Å²) in [6, 6.07) is 21.9. The van der Waals surface area contributed by atoms with E-state index in [2.05, 4.69) is 5.32 Å². The lowest BCUT2D eigenvalue weighted by atomic mass is 10.1.